The van der Waals surface area contributed by atoms with Gasteiger partial charge in [-0.1, -0.05) is 17.7 Å². The number of carbonyl (C=O) groups excluding carboxylic acids is 3. The van der Waals surface area contributed by atoms with Crippen LogP contribution in [0.4, 0.5) is 5.69 Å². The van der Waals surface area contributed by atoms with Gasteiger partial charge < -0.3 is 9.64 Å². The van der Waals surface area contributed by atoms with Gasteiger partial charge in [0.2, 0.25) is 5.78 Å². The number of hydrogen-bond acceptors (Lipinski definition) is 4. The van der Waals surface area contributed by atoms with Crippen LogP contribution in [0.25, 0.3) is 0 Å². The lowest BCUT2D eigenvalue weighted by atomic mass is 10.1. The van der Waals surface area contributed by atoms with Crippen molar-refractivity contribution in [2.24, 2.45) is 5.92 Å². The third-order valence-corrected chi connectivity index (χ3v) is 3.06. The van der Waals surface area contributed by atoms with Crippen molar-refractivity contribution in [2.75, 3.05) is 18.1 Å². The highest BCUT2D eigenvalue weighted by atomic mass is 35.5. The fourth-order valence-electron chi connectivity index (χ4n) is 1.92. The van der Waals surface area contributed by atoms with E-state index in [0.717, 1.165) is 0 Å². The molecule has 1 fully saturated rings. The van der Waals surface area contributed by atoms with Crippen LogP contribution in [0.3, 0.4) is 0 Å². The molecule has 0 bridgehead atoms. The molecule has 0 saturated carbocycles. The summed E-state index contributed by atoms with van der Waals surface area (Å²) in [6, 6.07) is 6.56. The summed E-state index contributed by atoms with van der Waals surface area (Å²) in [4.78, 5) is 36.5. The maximum absolute atomic E-state index is 11.9. The molecule has 0 aliphatic carbocycles. The lowest BCUT2D eigenvalue weighted by molar-refractivity contribution is -0.151. The summed E-state index contributed by atoms with van der Waals surface area (Å²) >= 11 is 5.84. The van der Waals surface area contributed by atoms with Gasteiger partial charge in [0.25, 0.3) is 5.91 Å². The summed E-state index contributed by atoms with van der Waals surface area (Å²) in [7, 11) is 0. The van der Waals surface area contributed by atoms with Crippen molar-refractivity contribution in [1.82, 2.24) is 0 Å². The number of carbonyl (C=O) groups is 3. The van der Waals surface area contributed by atoms with Gasteiger partial charge in [-0.2, -0.15) is 0 Å². The van der Waals surface area contributed by atoms with Gasteiger partial charge in [-0.3, -0.25) is 14.4 Å². The molecule has 1 aromatic rings. The molecule has 0 radical (unpaired) electrons. The highest BCUT2D eigenvalue weighted by molar-refractivity contribution is 6.47. The highest BCUT2D eigenvalue weighted by Gasteiger charge is 2.44. The number of Topliss-reactive ketones (excluding diaryl/α,β-unsaturated/α-hetero) is 1. The molecule has 1 saturated heterocycles. The average Bonchev–Trinajstić information content (AvgIpc) is 2.67. The monoisotopic (exact) mass is 281 g/mol. The predicted octanol–water partition coefficient (Wildman–Crippen LogP) is 1.44. The van der Waals surface area contributed by atoms with E-state index in [1.54, 1.807) is 31.2 Å². The van der Waals surface area contributed by atoms with Gasteiger partial charge in [-0.15, -0.1) is 0 Å². The molecular formula is C13H12ClNO4. The van der Waals surface area contributed by atoms with Crippen molar-refractivity contribution in [3.8, 4) is 0 Å². The van der Waals surface area contributed by atoms with E-state index in [-0.39, 0.29) is 13.2 Å². The summed E-state index contributed by atoms with van der Waals surface area (Å²) < 4.78 is 4.79. The zero-order valence-electron chi connectivity index (χ0n) is 10.3. The number of ether oxygens (including phenoxy) is 1. The van der Waals surface area contributed by atoms with Crippen LogP contribution in [0.1, 0.15) is 6.92 Å². The Morgan fingerprint density at radius 2 is 2.21 bits per heavy atom. The molecule has 1 aliphatic rings. The van der Waals surface area contributed by atoms with Crippen LogP contribution >= 0.6 is 11.6 Å². The van der Waals surface area contributed by atoms with Crippen LogP contribution in [-0.2, 0) is 19.1 Å². The van der Waals surface area contributed by atoms with Crippen LogP contribution < -0.4 is 4.90 Å². The van der Waals surface area contributed by atoms with Gasteiger partial charge in [0.05, 0.1) is 6.61 Å². The third kappa shape index (κ3) is 2.61. The quantitative estimate of drug-likeness (QED) is 0.478. The number of halogens is 1. The zero-order valence-corrected chi connectivity index (χ0v) is 11.0. The Hall–Kier alpha value is -1.88. The Bertz CT molecular complexity index is 543. The second-order valence-electron chi connectivity index (χ2n) is 4.06. The third-order valence-electron chi connectivity index (χ3n) is 2.83. The highest BCUT2D eigenvalue weighted by Crippen LogP contribution is 2.25. The SMILES string of the molecule is CCOC(=O)[C@H]1CN(c2cccc(Cl)c2)C(=O)C1=O. The van der Waals surface area contributed by atoms with E-state index >= 15 is 0 Å². The molecule has 1 atom stereocenters. The summed E-state index contributed by atoms with van der Waals surface area (Å²) in [5.74, 6) is -3.16. The number of esters is 1. The molecule has 0 aromatic heterocycles. The van der Waals surface area contributed by atoms with Crippen LogP contribution in [0.15, 0.2) is 24.3 Å². The Morgan fingerprint density at radius 1 is 1.47 bits per heavy atom. The molecule has 1 aromatic carbocycles. The normalized spacial score (nSPS) is 18.8. The van der Waals surface area contributed by atoms with E-state index in [0.29, 0.717) is 10.7 Å². The van der Waals surface area contributed by atoms with Crippen LogP contribution in [0.5, 0.6) is 0 Å². The second kappa shape index (κ2) is 5.40. The predicted molar refractivity (Wildman–Crippen MR) is 68.9 cm³/mol. The van der Waals surface area contributed by atoms with Gasteiger partial charge in [0.1, 0.15) is 5.92 Å². The Labute approximate surface area is 115 Å². The van der Waals surface area contributed by atoms with Crippen LogP contribution in [-0.4, -0.2) is 30.8 Å². The molecule has 0 unspecified atom stereocenters. The molecular weight excluding hydrogens is 270 g/mol. The number of rotatable bonds is 3. The summed E-state index contributed by atoms with van der Waals surface area (Å²) in [6.45, 7) is 1.82. The number of ketones is 1. The first-order chi connectivity index (χ1) is 9.04. The number of hydrogen-bond donors (Lipinski definition) is 0. The molecule has 6 heteroatoms. The van der Waals surface area contributed by atoms with E-state index in [2.05, 4.69) is 0 Å². The van der Waals surface area contributed by atoms with Crippen molar-refractivity contribution in [1.29, 1.82) is 0 Å². The summed E-state index contributed by atoms with van der Waals surface area (Å²) in [5.41, 5.74) is 0.498. The molecule has 1 heterocycles. The van der Waals surface area contributed by atoms with Gasteiger partial charge in [-0.05, 0) is 25.1 Å². The minimum atomic E-state index is -1.05. The maximum Gasteiger partial charge on any atom is 0.318 e. The van der Waals surface area contributed by atoms with Gasteiger partial charge in [0, 0.05) is 17.3 Å². The lowest BCUT2D eigenvalue weighted by Crippen LogP contribution is -2.26. The summed E-state index contributed by atoms with van der Waals surface area (Å²) in [5, 5.41) is 0.456. The average molecular weight is 282 g/mol. The Morgan fingerprint density at radius 3 is 2.84 bits per heavy atom. The number of nitrogens with zero attached hydrogens (tertiary/aromatic N) is 1. The van der Waals surface area contributed by atoms with Gasteiger partial charge in [0.15, 0.2) is 0 Å². The van der Waals surface area contributed by atoms with Crippen molar-refractivity contribution in [2.45, 2.75) is 6.92 Å². The van der Waals surface area contributed by atoms with E-state index in [4.69, 9.17) is 16.3 Å². The van der Waals surface area contributed by atoms with E-state index in [1.165, 1.54) is 4.90 Å². The first-order valence-electron chi connectivity index (χ1n) is 5.82. The standard InChI is InChI=1S/C13H12ClNO4/c1-2-19-13(18)10-7-15(12(17)11(10)16)9-5-3-4-8(14)6-9/h3-6,10H,2,7H2,1H3/t10-/m0/s1. The Balaban J connectivity index is 2.23. The molecule has 19 heavy (non-hydrogen) atoms. The maximum atomic E-state index is 11.9. The van der Waals surface area contributed by atoms with Crippen molar-refractivity contribution < 1.29 is 19.1 Å². The van der Waals surface area contributed by atoms with E-state index in [1.807, 2.05) is 0 Å². The number of benzene rings is 1. The molecule has 1 amide bonds. The van der Waals surface area contributed by atoms with Crippen LogP contribution in [0.2, 0.25) is 5.02 Å². The van der Waals surface area contributed by atoms with Crippen molar-refractivity contribution in [3.05, 3.63) is 29.3 Å². The molecule has 5 nitrogen and oxygen atoms in total. The first-order valence-corrected chi connectivity index (χ1v) is 6.20. The summed E-state index contributed by atoms with van der Waals surface area (Å²) in [6.07, 6.45) is 0. The van der Waals surface area contributed by atoms with E-state index < -0.39 is 23.6 Å². The number of anilines is 1. The first kappa shape index (κ1) is 13.5. The Kier molecular flexibility index (Phi) is 3.85. The molecule has 1 aliphatic heterocycles. The zero-order chi connectivity index (χ0) is 14.0. The van der Waals surface area contributed by atoms with Crippen LogP contribution in [0, 0.1) is 5.92 Å². The minimum absolute atomic E-state index is 0.00313. The topological polar surface area (TPSA) is 63.7 Å². The second-order valence-corrected chi connectivity index (χ2v) is 4.50. The van der Waals surface area contributed by atoms with E-state index in [9.17, 15) is 14.4 Å². The smallest absolute Gasteiger partial charge is 0.318 e. The molecule has 2 rings (SSSR count). The molecule has 100 valence electrons. The van der Waals surface area contributed by atoms with Gasteiger partial charge in [-0.25, -0.2) is 0 Å². The minimum Gasteiger partial charge on any atom is -0.465 e. The molecule has 0 spiro atoms. The molecule has 0 N–H and O–H groups in total. The fourth-order valence-corrected chi connectivity index (χ4v) is 2.11. The van der Waals surface area contributed by atoms with Crippen molar-refractivity contribution >= 4 is 34.9 Å². The fraction of sp³-hybridized carbons (Fsp3) is 0.308. The van der Waals surface area contributed by atoms with Crippen molar-refractivity contribution in [3.63, 3.8) is 0 Å². The van der Waals surface area contributed by atoms with Gasteiger partial charge >= 0.3 is 5.97 Å². The largest absolute Gasteiger partial charge is 0.465 e. The lowest BCUT2D eigenvalue weighted by Gasteiger charge is -2.15. The number of amides is 1.